The molecule has 2 heterocycles. The summed E-state index contributed by atoms with van der Waals surface area (Å²) in [5, 5.41) is 2.06. The van der Waals surface area contributed by atoms with Gasteiger partial charge in [0.25, 0.3) is 5.91 Å². The Hall–Kier alpha value is -3.25. The van der Waals surface area contributed by atoms with Crippen LogP contribution in [0.3, 0.4) is 0 Å². The average Bonchev–Trinajstić information content (AvgIpc) is 3.27. The van der Waals surface area contributed by atoms with E-state index in [1.54, 1.807) is 23.5 Å². The highest BCUT2D eigenvalue weighted by molar-refractivity contribution is 7.10. The molecule has 0 fully saturated rings. The van der Waals surface area contributed by atoms with E-state index in [1.807, 2.05) is 35.2 Å². The Bertz CT molecular complexity index is 1100. The van der Waals surface area contributed by atoms with Gasteiger partial charge in [-0.3, -0.25) is 9.59 Å². The molecule has 0 saturated carbocycles. The summed E-state index contributed by atoms with van der Waals surface area (Å²) in [6.45, 7) is 4.29. The monoisotopic (exact) mass is 434 g/mol. The number of benzene rings is 2. The van der Waals surface area contributed by atoms with Crippen molar-refractivity contribution in [2.45, 2.75) is 12.5 Å². The van der Waals surface area contributed by atoms with Gasteiger partial charge in [-0.05, 0) is 41.1 Å². The summed E-state index contributed by atoms with van der Waals surface area (Å²) in [5.74, 6) is -1.29. The maximum Gasteiger partial charge on any atom is 0.257 e. The van der Waals surface area contributed by atoms with E-state index in [0.717, 1.165) is 17.5 Å². The number of hydrogen-bond donors (Lipinski definition) is 0. The maximum absolute atomic E-state index is 14.2. The highest BCUT2D eigenvalue weighted by Gasteiger charge is 2.34. The molecule has 1 atom stereocenters. The first-order valence-electron chi connectivity index (χ1n) is 10.2. The quantitative estimate of drug-likeness (QED) is 0.528. The van der Waals surface area contributed by atoms with Gasteiger partial charge in [-0.1, -0.05) is 48.5 Å². The molecule has 2 aromatic carbocycles. The van der Waals surface area contributed by atoms with Crippen LogP contribution in [-0.4, -0.2) is 41.2 Å². The van der Waals surface area contributed by atoms with E-state index >= 15 is 0 Å². The second kappa shape index (κ2) is 9.27. The maximum atomic E-state index is 14.2. The van der Waals surface area contributed by atoms with E-state index in [-0.39, 0.29) is 30.6 Å². The average molecular weight is 435 g/mol. The zero-order chi connectivity index (χ0) is 21.8. The number of amides is 2. The second-order valence-electron chi connectivity index (χ2n) is 7.40. The van der Waals surface area contributed by atoms with E-state index < -0.39 is 11.7 Å². The molecular formula is C25H23FN2O2S. The summed E-state index contributed by atoms with van der Waals surface area (Å²) >= 11 is 1.71. The Kier molecular flexibility index (Phi) is 6.28. The lowest BCUT2D eigenvalue weighted by molar-refractivity contribution is -0.133. The van der Waals surface area contributed by atoms with Crippen LogP contribution in [0.25, 0.3) is 0 Å². The van der Waals surface area contributed by atoms with Gasteiger partial charge in [-0.2, -0.15) is 0 Å². The van der Waals surface area contributed by atoms with Gasteiger partial charge in [0, 0.05) is 18.0 Å². The van der Waals surface area contributed by atoms with Crippen molar-refractivity contribution in [2.75, 3.05) is 19.6 Å². The van der Waals surface area contributed by atoms with Crippen LogP contribution in [0.4, 0.5) is 4.39 Å². The van der Waals surface area contributed by atoms with Gasteiger partial charge in [0.1, 0.15) is 12.4 Å². The van der Waals surface area contributed by atoms with Gasteiger partial charge in [-0.25, -0.2) is 4.39 Å². The Labute approximate surface area is 185 Å². The van der Waals surface area contributed by atoms with Crippen LogP contribution in [0, 0.1) is 5.82 Å². The zero-order valence-electron chi connectivity index (χ0n) is 17.0. The molecule has 0 radical (unpaired) electrons. The molecule has 31 heavy (non-hydrogen) atoms. The molecule has 1 unspecified atom stereocenters. The number of fused-ring (bicyclic) bond motifs is 1. The van der Waals surface area contributed by atoms with Crippen molar-refractivity contribution in [1.82, 2.24) is 9.80 Å². The minimum Gasteiger partial charge on any atom is -0.330 e. The molecule has 1 aromatic heterocycles. The molecule has 158 valence electrons. The van der Waals surface area contributed by atoms with Gasteiger partial charge in [0.15, 0.2) is 0 Å². The summed E-state index contributed by atoms with van der Waals surface area (Å²) in [4.78, 5) is 30.8. The Morgan fingerprint density at radius 2 is 1.87 bits per heavy atom. The van der Waals surface area contributed by atoms with Crippen molar-refractivity contribution in [2.24, 2.45) is 0 Å². The van der Waals surface area contributed by atoms with Gasteiger partial charge < -0.3 is 9.80 Å². The van der Waals surface area contributed by atoms with Gasteiger partial charge >= 0.3 is 0 Å². The first-order chi connectivity index (χ1) is 15.1. The van der Waals surface area contributed by atoms with Crippen LogP contribution < -0.4 is 0 Å². The van der Waals surface area contributed by atoms with Crippen LogP contribution in [-0.2, 0) is 11.2 Å². The molecule has 0 spiro atoms. The fourth-order valence-electron chi connectivity index (χ4n) is 4.01. The molecule has 0 N–H and O–H groups in total. The predicted molar refractivity (Wildman–Crippen MR) is 121 cm³/mol. The van der Waals surface area contributed by atoms with Crippen molar-refractivity contribution in [1.29, 1.82) is 0 Å². The Morgan fingerprint density at radius 1 is 1.13 bits per heavy atom. The number of halogens is 1. The fraction of sp³-hybridized carbons (Fsp3) is 0.200. The lowest BCUT2D eigenvalue weighted by Gasteiger charge is -2.37. The molecule has 2 amide bonds. The van der Waals surface area contributed by atoms with Crippen LogP contribution in [0.5, 0.6) is 0 Å². The molecule has 4 rings (SSSR count). The predicted octanol–water partition coefficient (Wildman–Crippen LogP) is 4.69. The normalized spacial score (nSPS) is 15.3. The lowest BCUT2D eigenvalue weighted by Crippen LogP contribution is -2.47. The third-order valence-electron chi connectivity index (χ3n) is 5.47. The van der Waals surface area contributed by atoms with Crippen LogP contribution in [0.2, 0.25) is 0 Å². The van der Waals surface area contributed by atoms with Gasteiger partial charge in [-0.15, -0.1) is 17.9 Å². The van der Waals surface area contributed by atoms with E-state index in [2.05, 4.69) is 18.0 Å². The third kappa shape index (κ3) is 4.30. The molecular weight excluding hydrogens is 411 g/mol. The summed E-state index contributed by atoms with van der Waals surface area (Å²) in [6.07, 6.45) is 2.33. The zero-order valence-corrected chi connectivity index (χ0v) is 17.9. The first kappa shape index (κ1) is 21.0. The Morgan fingerprint density at radius 3 is 2.61 bits per heavy atom. The van der Waals surface area contributed by atoms with Crippen LogP contribution in [0.1, 0.15) is 32.4 Å². The van der Waals surface area contributed by atoms with Crippen molar-refractivity contribution in [3.63, 3.8) is 0 Å². The van der Waals surface area contributed by atoms with Crippen molar-refractivity contribution in [3.8, 4) is 0 Å². The summed E-state index contributed by atoms with van der Waals surface area (Å²) in [7, 11) is 0. The number of carbonyl (C=O) groups is 2. The number of thiophene rings is 1. The van der Waals surface area contributed by atoms with Crippen LogP contribution in [0.15, 0.2) is 78.7 Å². The smallest absolute Gasteiger partial charge is 0.257 e. The molecule has 4 nitrogen and oxygen atoms in total. The third-order valence-corrected chi connectivity index (χ3v) is 6.47. The molecule has 1 aliphatic heterocycles. The van der Waals surface area contributed by atoms with E-state index in [0.29, 0.717) is 6.54 Å². The molecule has 3 aromatic rings. The van der Waals surface area contributed by atoms with Gasteiger partial charge in [0.2, 0.25) is 5.91 Å². The van der Waals surface area contributed by atoms with Crippen molar-refractivity contribution in [3.05, 3.63) is 106 Å². The number of hydrogen-bond acceptors (Lipinski definition) is 3. The number of rotatable bonds is 6. The minimum atomic E-state index is -0.600. The summed E-state index contributed by atoms with van der Waals surface area (Å²) in [6, 6.07) is 17.6. The topological polar surface area (TPSA) is 40.6 Å². The molecule has 0 aliphatic carbocycles. The lowest BCUT2D eigenvalue weighted by atomic mass is 9.93. The largest absolute Gasteiger partial charge is 0.330 e. The van der Waals surface area contributed by atoms with Crippen molar-refractivity contribution < 1.29 is 14.0 Å². The minimum absolute atomic E-state index is 0.0458. The standard InChI is InChI=1S/C25H23FN2O2S/c1-2-14-27(25(30)19-10-6-7-11-21(19)26)17-23(29)28-15-12-22-20(13-16-31-22)24(28)18-8-4-3-5-9-18/h2-11,13,16,24H,1,12,14-15,17H2. The van der Waals surface area contributed by atoms with E-state index in [4.69, 9.17) is 0 Å². The second-order valence-corrected chi connectivity index (χ2v) is 8.40. The summed E-state index contributed by atoms with van der Waals surface area (Å²) < 4.78 is 14.2. The van der Waals surface area contributed by atoms with E-state index in [1.165, 1.54) is 28.0 Å². The fourth-order valence-corrected chi connectivity index (χ4v) is 4.92. The van der Waals surface area contributed by atoms with Gasteiger partial charge in [0.05, 0.1) is 11.6 Å². The number of nitrogens with zero attached hydrogens (tertiary/aromatic N) is 2. The molecule has 6 heteroatoms. The highest BCUT2D eigenvalue weighted by Crippen LogP contribution is 2.37. The first-order valence-corrected chi connectivity index (χ1v) is 11.0. The summed E-state index contributed by atoms with van der Waals surface area (Å²) in [5.41, 5.74) is 2.12. The Balaban J connectivity index is 1.61. The SMILES string of the molecule is C=CCN(CC(=O)N1CCc2sccc2C1c1ccccc1)C(=O)c1ccccc1F. The molecule has 0 bridgehead atoms. The van der Waals surface area contributed by atoms with Crippen LogP contribution >= 0.6 is 11.3 Å². The van der Waals surface area contributed by atoms with Crippen molar-refractivity contribution >= 4 is 23.2 Å². The molecule has 1 aliphatic rings. The van der Waals surface area contributed by atoms with E-state index in [9.17, 15) is 14.0 Å². The number of carbonyl (C=O) groups excluding carboxylic acids is 2. The highest BCUT2D eigenvalue weighted by atomic mass is 32.1. The molecule has 0 saturated heterocycles.